The maximum absolute atomic E-state index is 11.7. The first-order valence-electron chi connectivity index (χ1n) is 4.86. The van der Waals surface area contributed by atoms with Crippen LogP contribution in [0.2, 0.25) is 0 Å². The summed E-state index contributed by atoms with van der Waals surface area (Å²) in [6, 6.07) is 4.94. The van der Waals surface area contributed by atoms with E-state index in [9.17, 15) is 9.59 Å². The van der Waals surface area contributed by atoms with E-state index in [1.165, 1.54) is 13.0 Å². The molecular weight excluding hydrogens is 372 g/mol. The van der Waals surface area contributed by atoms with Crippen LogP contribution in [0.1, 0.15) is 22.8 Å². The fourth-order valence-corrected chi connectivity index (χ4v) is 1.83. The fourth-order valence-electron chi connectivity index (χ4n) is 1.18. The first kappa shape index (κ1) is 15.0. The second-order valence-corrected chi connectivity index (χ2v) is 4.15. The molecule has 0 amide bonds. The first-order chi connectivity index (χ1) is 8.60. The summed E-state index contributed by atoms with van der Waals surface area (Å²) in [5.41, 5.74) is 0.921. The van der Waals surface area contributed by atoms with Crippen molar-refractivity contribution in [1.82, 2.24) is 0 Å². The van der Waals surface area contributed by atoms with Crippen LogP contribution < -0.4 is 4.89 Å². The van der Waals surface area contributed by atoms with Crippen molar-refractivity contribution in [2.75, 3.05) is 5.52 Å². The third-order valence-electron chi connectivity index (χ3n) is 1.89. The zero-order chi connectivity index (χ0) is 13.5. The van der Waals surface area contributed by atoms with Gasteiger partial charge in [-0.15, -0.1) is 0 Å². The molecule has 7 heteroatoms. The van der Waals surface area contributed by atoms with E-state index in [0.717, 1.165) is 0 Å². The number of ether oxygens (including phenoxy) is 1. The van der Waals surface area contributed by atoms with Crippen molar-refractivity contribution in [2.24, 2.45) is 0 Å². The van der Waals surface area contributed by atoms with Crippen molar-refractivity contribution in [3.05, 3.63) is 29.3 Å². The summed E-state index contributed by atoms with van der Waals surface area (Å²) in [4.78, 5) is 31.8. The van der Waals surface area contributed by atoms with Crippen molar-refractivity contribution in [3.63, 3.8) is 0 Å². The molecular formula is C11H10Br2O5. The zero-order valence-corrected chi connectivity index (χ0v) is 12.6. The third kappa shape index (κ3) is 3.99. The maximum Gasteiger partial charge on any atom is 0.352 e. The molecule has 98 valence electrons. The molecule has 18 heavy (non-hydrogen) atoms. The Labute approximate surface area is 121 Å². The van der Waals surface area contributed by atoms with Crippen LogP contribution in [-0.2, 0) is 19.7 Å². The van der Waals surface area contributed by atoms with Crippen molar-refractivity contribution < 1.29 is 24.1 Å². The summed E-state index contributed by atoms with van der Waals surface area (Å²) in [5.74, 6) is -1.02. The largest absolute Gasteiger partial charge is 0.450 e. The number of carbonyl (C=O) groups excluding carboxylic acids is 2. The van der Waals surface area contributed by atoms with E-state index in [1.807, 2.05) is 0 Å². The van der Waals surface area contributed by atoms with E-state index in [0.29, 0.717) is 10.9 Å². The lowest BCUT2D eigenvalue weighted by Crippen LogP contribution is -2.11. The Kier molecular flexibility index (Phi) is 6.14. The lowest BCUT2D eigenvalue weighted by Gasteiger charge is -2.11. The van der Waals surface area contributed by atoms with Crippen LogP contribution in [0.15, 0.2) is 18.2 Å². The van der Waals surface area contributed by atoms with Gasteiger partial charge in [-0.05, 0) is 22.0 Å². The van der Waals surface area contributed by atoms with Gasteiger partial charge >= 0.3 is 11.9 Å². The molecule has 1 rings (SSSR count). The second kappa shape index (κ2) is 7.38. The van der Waals surface area contributed by atoms with Gasteiger partial charge in [0.2, 0.25) is 0 Å². The Hall–Kier alpha value is -1.08. The van der Waals surface area contributed by atoms with Gasteiger partial charge in [0.15, 0.2) is 5.75 Å². The van der Waals surface area contributed by atoms with Gasteiger partial charge < -0.3 is 4.74 Å². The minimum atomic E-state index is -0.612. The van der Waals surface area contributed by atoms with Crippen molar-refractivity contribution in [1.29, 1.82) is 0 Å². The maximum atomic E-state index is 11.7. The number of carbonyl (C=O) groups is 2. The summed E-state index contributed by atoms with van der Waals surface area (Å²) in [6.07, 6.45) is 0. The van der Waals surface area contributed by atoms with Gasteiger partial charge in [-0.2, -0.15) is 0 Å². The number of para-hydroxylation sites is 1. The number of hydrogen-bond donors (Lipinski definition) is 0. The molecule has 0 aliphatic rings. The van der Waals surface area contributed by atoms with E-state index in [1.54, 1.807) is 12.1 Å². The van der Waals surface area contributed by atoms with E-state index < -0.39 is 11.9 Å². The molecule has 0 unspecified atom stereocenters. The van der Waals surface area contributed by atoms with E-state index >= 15 is 0 Å². The van der Waals surface area contributed by atoms with Gasteiger partial charge in [0.25, 0.3) is 0 Å². The van der Waals surface area contributed by atoms with Gasteiger partial charge in [0.05, 0.1) is 0 Å². The lowest BCUT2D eigenvalue weighted by atomic mass is 10.1. The highest BCUT2D eigenvalue weighted by atomic mass is 79.9. The number of alkyl halides is 2. The van der Waals surface area contributed by atoms with E-state index in [2.05, 4.69) is 36.7 Å². The lowest BCUT2D eigenvalue weighted by molar-refractivity contribution is -0.211. The quantitative estimate of drug-likeness (QED) is 0.339. The molecule has 0 atom stereocenters. The molecule has 1 aromatic rings. The van der Waals surface area contributed by atoms with Crippen LogP contribution in [0.25, 0.3) is 0 Å². The summed E-state index contributed by atoms with van der Waals surface area (Å²) < 4.78 is 4.82. The molecule has 0 bridgehead atoms. The molecule has 0 heterocycles. The Balaban J connectivity index is 3.07. The smallest absolute Gasteiger partial charge is 0.352 e. The zero-order valence-electron chi connectivity index (χ0n) is 9.44. The van der Waals surface area contributed by atoms with Crippen LogP contribution in [0, 0.1) is 0 Å². The summed E-state index contributed by atoms with van der Waals surface area (Å²) in [5, 5.41) is 0.443. The molecule has 0 aliphatic heterocycles. The minimum absolute atomic E-state index is 0.0668. The molecule has 0 aromatic heterocycles. The van der Waals surface area contributed by atoms with Gasteiger partial charge in [0.1, 0.15) is 11.1 Å². The topological polar surface area (TPSA) is 61.8 Å². The van der Waals surface area contributed by atoms with Crippen LogP contribution >= 0.6 is 31.9 Å². The Morgan fingerprint density at radius 3 is 2.56 bits per heavy atom. The molecule has 0 saturated carbocycles. The standard InChI is InChI=1S/C11H10Br2O5/c1-7(14)17-18-10-8(5-12)3-2-4-9(10)11(15)16-6-13/h2-4H,5-6H2,1H3. The average Bonchev–Trinajstić information content (AvgIpc) is 2.36. The summed E-state index contributed by atoms with van der Waals surface area (Å²) in [6.45, 7) is 1.20. The monoisotopic (exact) mass is 380 g/mol. The predicted molar refractivity (Wildman–Crippen MR) is 70.7 cm³/mol. The summed E-state index contributed by atoms with van der Waals surface area (Å²) >= 11 is 6.25. The molecule has 0 radical (unpaired) electrons. The Morgan fingerprint density at radius 1 is 1.28 bits per heavy atom. The summed E-state index contributed by atoms with van der Waals surface area (Å²) in [7, 11) is 0. The highest BCUT2D eigenvalue weighted by Crippen LogP contribution is 2.27. The molecule has 0 fully saturated rings. The molecule has 0 aliphatic carbocycles. The highest BCUT2D eigenvalue weighted by molar-refractivity contribution is 9.09. The Bertz CT molecular complexity index is 447. The van der Waals surface area contributed by atoms with Crippen LogP contribution in [0.3, 0.4) is 0 Å². The predicted octanol–water partition coefficient (Wildman–Crippen LogP) is 2.95. The van der Waals surface area contributed by atoms with E-state index in [4.69, 9.17) is 9.62 Å². The second-order valence-electron chi connectivity index (χ2n) is 3.13. The van der Waals surface area contributed by atoms with Gasteiger partial charge in [0, 0.05) is 17.8 Å². The number of benzene rings is 1. The highest BCUT2D eigenvalue weighted by Gasteiger charge is 2.19. The van der Waals surface area contributed by atoms with Crippen LogP contribution in [-0.4, -0.2) is 17.5 Å². The number of hydrogen-bond acceptors (Lipinski definition) is 5. The Morgan fingerprint density at radius 2 is 2.00 bits per heavy atom. The molecule has 0 saturated heterocycles. The van der Waals surface area contributed by atoms with Crippen molar-refractivity contribution >= 4 is 43.8 Å². The third-order valence-corrected chi connectivity index (χ3v) is 2.72. The molecule has 1 aromatic carbocycles. The number of halogens is 2. The first-order valence-corrected chi connectivity index (χ1v) is 7.10. The minimum Gasteiger partial charge on any atom is -0.450 e. The SMILES string of the molecule is CC(=O)OOc1c(CBr)cccc1C(=O)OCBr. The normalized spacial score (nSPS) is 9.72. The average molecular weight is 382 g/mol. The van der Waals surface area contributed by atoms with Gasteiger partial charge in [-0.25, -0.2) is 9.59 Å². The van der Waals surface area contributed by atoms with Crippen LogP contribution in [0.5, 0.6) is 5.75 Å². The molecule has 0 N–H and O–H groups in total. The van der Waals surface area contributed by atoms with Crippen LogP contribution in [0.4, 0.5) is 0 Å². The fraction of sp³-hybridized carbons (Fsp3) is 0.273. The molecule has 5 nitrogen and oxygen atoms in total. The van der Waals surface area contributed by atoms with Crippen molar-refractivity contribution in [3.8, 4) is 5.75 Å². The van der Waals surface area contributed by atoms with Gasteiger partial charge in [-0.1, -0.05) is 28.1 Å². The van der Waals surface area contributed by atoms with Gasteiger partial charge in [-0.3, -0.25) is 9.78 Å². The molecule has 0 spiro atoms. The number of esters is 1. The van der Waals surface area contributed by atoms with E-state index in [-0.39, 0.29) is 16.8 Å². The number of rotatable bonds is 5. The van der Waals surface area contributed by atoms with Crippen molar-refractivity contribution in [2.45, 2.75) is 12.3 Å².